The topological polar surface area (TPSA) is 93.8 Å². The zero-order valence-electron chi connectivity index (χ0n) is 17.7. The SMILES string of the molecule is Cc1ccc(COc2c(I)cc(/C=N\NC(=O)c3cc4cc([N+](=O)[O-])ccc4s3)cc2I)cc1. The van der Waals surface area contributed by atoms with Crippen LogP contribution in [0, 0.1) is 24.2 Å². The Morgan fingerprint density at radius 3 is 2.50 bits per heavy atom. The third-order valence-corrected chi connectivity index (χ3v) is 7.56. The Hall–Kier alpha value is -2.58. The van der Waals surface area contributed by atoms with Crippen LogP contribution in [0.2, 0.25) is 0 Å². The average Bonchev–Trinajstić information content (AvgIpc) is 3.23. The van der Waals surface area contributed by atoms with Crippen LogP contribution in [-0.4, -0.2) is 17.0 Å². The molecule has 1 N–H and O–H groups in total. The van der Waals surface area contributed by atoms with Crippen molar-refractivity contribution < 1.29 is 14.5 Å². The fraction of sp³-hybridized carbons (Fsp3) is 0.0833. The second kappa shape index (κ2) is 10.8. The van der Waals surface area contributed by atoms with Gasteiger partial charge in [0, 0.05) is 22.2 Å². The zero-order chi connectivity index (χ0) is 24.2. The minimum Gasteiger partial charge on any atom is -0.487 e. The number of hydrazone groups is 1. The third kappa shape index (κ3) is 5.91. The van der Waals surface area contributed by atoms with Gasteiger partial charge in [-0.05, 0) is 87.5 Å². The van der Waals surface area contributed by atoms with Crippen molar-refractivity contribution in [2.24, 2.45) is 5.10 Å². The highest BCUT2D eigenvalue weighted by Crippen LogP contribution is 2.30. The number of non-ortho nitro benzene ring substituents is 1. The van der Waals surface area contributed by atoms with Crippen LogP contribution in [0.5, 0.6) is 5.75 Å². The maximum atomic E-state index is 12.5. The van der Waals surface area contributed by atoms with Gasteiger partial charge in [0.2, 0.25) is 0 Å². The van der Waals surface area contributed by atoms with Crippen molar-refractivity contribution in [1.82, 2.24) is 5.43 Å². The Balaban J connectivity index is 1.41. The van der Waals surface area contributed by atoms with Crippen LogP contribution in [-0.2, 0) is 6.61 Å². The molecule has 1 amide bonds. The van der Waals surface area contributed by atoms with Gasteiger partial charge >= 0.3 is 0 Å². The lowest BCUT2D eigenvalue weighted by molar-refractivity contribution is -0.384. The molecule has 0 atom stereocenters. The highest BCUT2D eigenvalue weighted by Gasteiger charge is 2.13. The number of nitrogens with zero attached hydrogens (tertiary/aromatic N) is 2. The molecular weight excluding hydrogens is 680 g/mol. The largest absolute Gasteiger partial charge is 0.487 e. The molecule has 0 aliphatic rings. The van der Waals surface area contributed by atoms with Crippen LogP contribution in [0.1, 0.15) is 26.4 Å². The Kier molecular flexibility index (Phi) is 7.78. The van der Waals surface area contributed by atoms with Crippen molar-refractivity contribution >= 4 is 84.4 Å². The Morgan fingerprint density at radius 1 is 1.12 bits per heavy atom. The molecule has 0 spiro atoms. The zero-order valence-corrected chi connectivity index (χ0v) is 22.9. The van der Waals surface area contributed by atoms with Gasteiger partial charge in [0.05, 0.1) is 23.2 Å². The molecule has 0 bridgehead atoms. The minimum absolute atomic E-state index is 0.00854. The number of hydrogen-bond donors (Lipinski definition) is 1. The summed E-state index contributed by atoms with van der Waals surface area (Å²) in [5.41, 5.74) is 5.64. The minimum atomic E-state index is -0.456. The quantitative estimate of drug-likeness (QED) is 0.101. The maximum Gasteiger partial charge on any atom is 0.281 e. The molecule has 172 valence electrons. The Bertz CT molecular complexity index is 1390. The summed E-state index contributed by atoms with van der Waals surface area (Å²) in [5.74, 6) is 0.435. The van der Waals surface area contributed by atoms with Gasteiger partial charge in [0.15, 0.2) is 0 Å². The van der Waals surface area contributed by atoms with Crippen molar-refractivity contribution in [1.29, 1.82) is 0 Å². The van der Waals surface area contributed by atoms with E-state index in [1.807, 2.05) is 12.1 Å². The van der Waals surface area contributed by atoms with E-state index in [-0.39, 0.29) is 11.6 Å². The standard InChI is InChI=1S/C24H17I2N3O4S/c1-14-2-4-15(5-3-14)13-33-23-19(25)8-16(9-20(23)26)12-27-28-24(30)22-11-17-10-18(29(31)32)6-7-21(17)34-22/h2-12H,13H2,1H3,(H,28,30)/b27-12-. The average molecular weight is 697 g/mol. The smallest absolute Gasteiger partial charge is 0.281 e. The van der Waals surface area contributed by atoms with E-state index in [9.17, 15) is 14.9 Å². The van der Waals surface area contributed by atoms with Gasteiger partial charge in [0.25, 0.3) is 11.6 Å². The van der Waals surface area contributed by atoms with Gasteiger partial charge < -0.3 is 4.74 Å². The van der Waals surface area contributed by atoms with E-state index in [4.69, 9.17) is 4.74 Å². The number of halogens is 2. The number of nitrogens with one attached hydrogen (secondary N) is 1. The molecule has 3 aromatic carbocycles. The number of rotatable bonds is 7. The highest BCUT2D eigenvalue weighted by molar-refractivity contribution is 14.1. The molecule has 10 heteroatoms. The molecule has 0 aliphatic carbocycles. The lowest BCUT2D eigenvalue weighted by Gasteiger charge is -2.11. The monoisotopic (exact) mass is 697 g/mol. The number of carbonyl (C=O) groups is 1. The number of benzene rings is 3. The maximum absolute atomic E-state index is 12.5. The van der Waals surface area contributed by atoms with E-state index in [2.05, 4.69) is 86.9 Å². The van der Waals surface area contributed by atoms with Crippen LogP contribution >= 0.6 is 56.5 Å². The van der Waals surface area contributed by atoms with E-state index >= 15 is 0 Å². The summed E-state index contributed by atoms with van der Waals surface area (Å²) in [6.45, 7) is 2.53. The van der Waals surface area contributed by atoms with Crippen molar-refractivity contribution in [3.63, 3.8) is 0 Å². The van der Waals surface area contributed by atoms with Crippen molar-refractivity contribution in [3.8, 4) is 5.75 Å². The number of nitro groups is 1. The number of fused-ring (bicyclic) bond motifs is 1. The predicted molar refractivity (Wildman–Crippen MR) is 151 cm³/mol. The molecule has 1 heterocycles. The summed E-state index contributed by atoms with van der Waals surface area (Å²) in [4.78, 5) is 23.4. The van der Waals surface area contributed by atoms with Crippen LogP contribution in [0.25, 0.3) is 10.1 Å². The summed E-state index contributed by atoms with van der Waals surface area (Å²) < 4.78 is 8.71. The Labute approximate surface area is 226 Å². The van der Waals surface area contributed by atoms with Gasteiger partial charge in [-0.3, -0.25) is 14.9 Å². The number of carbonyl (C=O) groups excluding carboxylic acids is 1. The lowest BCUT2D eigenvalue weighted by atomic mass is 10.2. The van der Waals surface area contributed by atoms with E-state index in [0.29, 0.717) is 16.9 Å². The molecule has 7 nitrogen and oxygen atoms in total. The number of hydrogen-bond acceptors (Lipinski definition) is 6. The first kappa shape index (κ1) is 24.5. The van der Waals surface area contributed by atoms with Crippen LogP contribution in [0.3, 0.4) is 0 Å². The van der Waals surface area contributed by atoms with E-state index in [1.165, 1.54) is 29.0 Å². The summed E-state index contributed by atoms with van der Waals surface area (Å²) in [7, 11) is 0. The molecule has 0 saturated carbocycles. The molecule has 0 radical (unpaired) electrons. The van der Waals surface area contributed by atoms with E-state index < -0.39 is 4.92 Å². The highest BCUT2D eigenvalue weighted by atomic mass is 127. The normalized spacial score (nSPS) is 11.1. The van der Waals surface area contributed by atoms with Gasteiger partial charge in [-0.1, -0.05) is 29.8 Å². The molecule has 34 heavy (non-hydrogen) atoms. The first-order chi connectivity index (χ1) is 16.3. The first-order valence-corrected chi connectivity index (χ1v) is 13.0. The van der Waals surface area contributed by atoms with E-state index in [0.717, 1.165) is 28.7 Å². The van der Waals surface area contributed by atoms with Crippen molar-refractivity contribution in [2.75, 3.05) is 0 Å². The van der Waals surface area contributed by atoms with Crippen LogP contribution in [0.15, 0.2) is 65.8 Å². The Morgan fingerprint density at radius 2 is 1.82 bits per heavy atom. The van der Waals surface area contributed by atoms with Gasteiger partial charge in [-0.25, -0.2) is 5.43 Å². The van der Waals surface area contributed by atoms with Gasteiger partial charge in [-0.2, -0.15) is 5.10 Å². The number of nitro benzene ring substituents is 1. The second-order valence-corrected chi connectivity index (χ2v) is 10.8. The summed E-state index contributed by atoms with van der Waals surface area (Å²) in [6.07, 6.45) is 1.57. The molecule has 1 aromatic heterocycles. The van der Waals surface area contributed by atoms with Gasteiger partial charge in [0.1, 0.15) is 12.4 Å². The molecule has 0 aliphatic heterocycles. The van der Waals surface area contributed by atoms with Crippen molar-refractivity contribution in [2.45, 2.75) is 13.5 Å². The number of aryl methyl sites for hydroxylation is 1. The molecule has 0 fully saturated rings. The fourth-order valence-electron chi connectivity index (χ4n) is 3.11. The van der Waals surface area contributed by atoms with E-state index in [1.54, 1.807) is 18.3 Å². The summed E-state index contributed by atoms with van der Waals surface area (Å²) in [6, 6.07) is 18.2. The summed E-state index contributed by atoms with van der Waals surface area (Å²) in [5, 5.41) is 15.7. The predicted octanol–water partition coefficient (Wildman–Crippen LogP) is 6.67. The number of amides is 1. The third-order valence-electron chi connectivity index (χ3n) is 4.84. The van der Waals surface area contributed by atoms with Crippen LogP contribution in [0.4, 0.5) is 5.69 Å². The fourth-order valence-corrected chi connectivity index (χ4v) is 6.17. The molecule has 0 saturated heterocycles. The van der Waals surface area contributed by atoms with Crippen LogP contribution < -0.4 is 10.2 Å². The molecule has 0 unspecified atom stereocenters. The number of ether oxygens (including phenoxy) is 1. The molecular formula is C24H17I2N3O4S. The lowest BCUT2D eigenvalue weighted by Crippen LogP contribution is -2.16. The summed E-state index contributed by atoms with van der Waals surface area (Å²) >= 11 is 5.70. The number of thiophene rings is 1. The molecule has 4 rings (SSSR count). The first-order valence-electron chi connectivity index (χ1n) is 9.99. The molecule has 4 aromatic rings. The van der Waals surface area contributed by atoms with Gasteiger partial charge in [-0.15, -0.1) is 11.3 Å². The van der Waals surface area contributed by atoms with Crippen molar-refractivity contribution in [3.05, 3.63) is 99.5 Å². The second-order valence-electron chi connectivity index (χ2n) is 7.38.